The van der Waals surface area contributed by atoms with Crippen LogP contribution in [-0.4, -0.2) is 37.1 Å². The summed E-state index contributed by atoms with van der Waals surface area (Å²) in [6.07, 6.45) is 2.69. The molecule has 0 saturated carbocycles. The minimum absolute atomic E-state index is 0.171. The normalized spacial score (nSPS) is 16.3. The van der Waals surface area contributed by atoms with Gasteiger partial charge in [0.05, 0.1) is 0 Å². The fourth-order valence-corrected chi connectivity index (χ4v) is 2.54. The first-order valence-corrected chi connectivity index (χ1v) is 7.21. The van der Waals surface area contributed by atoms with E-state index in [9.17, 15) is 4.79 Å². The van der Waals surface area contributed by atoms with Gasteiger partial charge in [0.2, 0.25) is 5.91 Å². The number of rotatable bonds is 5. The molecular formula is C16H23NO2. The molecule has 1 aliphatic rings. The molecule has 0 N–H and O–H groups in total. The Morgan fingerprint density at radius 3 is 2.58 bits per heavy atom. The van der Waals surface area contributed by atoms with E-state index >= 15 is 0 Å². The first-order chi connectivity index (χ1) is 9.31. The summed E-state index contributed by atoms with van der Waals surface area (Å²) in [5.74, 6) is 0.478. The topological polar surface area (TPSA) is 29.5 Å². The number of carbonyl (C=O) groups is 1. The van der Waals surface area contributed by atoms with Crippen molar-refractivity contribution in [3.8, 4) is 0 Å². The van der Waals surface area contributed by atoms with Gasteiger partial charge in [-0.15, -0.1) is 0 Å². The van der Waals surface area contributed by atoms with E-state index in [1.54, 1.807) is 0 Å². The molecule has 0 unspecified atom stereocenters. The van der Waals surface area contributed by atoms with E-state index in [1.807, 2.05) is 23.1 Å². The number of likely N-dealkylation sites (N-methyl/N-ethyl adjacent to an activating group) is 1. The van der Waals surface area contributed by atoms with Crippen LogP contribution in [0.2, 0.25) is 0 Å². The predicted molar refractivity (Wildman–Crippen MR) is 75.9 cm³/mol. The Hall–Kier alpha value is -1.35. The van der Waals surface area contributed by atoms with Crippen LogP contribution in [0, 0.1) is 5.92 Å². The summed E-state index contributed by atoms with van der Waals surface area (Å²) in [7, 11) is 0. The zero-order valence-corrected chi connectivity index (χ0v) is 11.7. The van der Waals surface area contributed by atoms with Crippen LogP contribution in [0.25, 0.3) is 0 Å². The lowest BCUT2D eigenvalue weighted by Gasteiger charge is -2.28. The molecule has 0 aliphatic carbocycles. The maximum atomic E-state index is 12.4. The van der Waals surface area contributed by atoms with E-state index in [0.717, 1.165) is 45.6 Å². The third kappa shape index (κ3) is 4.06. The van der Waals surface area contributed by atoms with Crippen molar-refractivity contribution >= 4 is 5.91 Å². The molecule has 0 spiro atoms. The zero-order chi connectivity index (χ0) is 13.5. The van der Waals surface area contributed by atoms with Gasteiger partial charge in [0.15, 0.2) is 0 Å². The molecule has 0 radical (unpaired) electrons. The zero-order valence-electron chi connectivity index (χ0n) is 11.7. The molecule has 3 nitrogen and oxygen atoms in total. The molecule has 2 rings (SSSR count). The second-order valence-corrected chi connectivity index (χ2v) is 5.04. The molecule has 1 saturated heterocycles. The van der Waals surface area contributed by atoms with Crippen LogP contribution in [-0.2, 0) is 16.0 Å². The molecule has 0 bridgehead atoms. The lowest BCUT2D eigenvalue weighted by molar-refractivity contribution is -0.138. The van der Waals surface area contributed by atoms with Gasteiger partial charge in [0, 0.05) is 32.2 Å². The molecule has 1 aromatic rings. The fourth-order valence-electron chi connectivity index (χ4n) is 2.54. The van der Waals surface area contributed by atoms with E-state index in [2.05, 4.69) is 19.1 Å². The summed E-state index contributed by atoms with van der Waals surface area (Å²) in [4.78, 5) is 14.4. The summed E-state index contributed by atoms with van der Waals surface area (Å²) >= 11 is 0. The summed E-state index contributed by atoms with van der Waals surface area (Å²) in [6, 6.07) is 10.4. The van der Waals surface area contributed by atoms with Crippen LogP contribution in [0.4, 0.5) is 0 Å². The van der Waals surface area contributed by atoms with Crippen LogP contribution in [0.1, 0.15) is 25.3 Å². The van der Waals surface area contributed by atoms with E-state index in [4.69, 9.17) is 4.74 Å². The van der Waals surface area contributed by atoms with Gasteiger partial charge in [-0.05, 0) is 31.7 Å². The lowest BCUT2D eigenvalue weighted by Crippen LogP contribution is -2.39. The van der Waals surface area contributed by atoms with Crippen molar-refractivity contribution in [1.82, 2.24) is 4.90 Å². The molecule has 1 aliphatic heterocycles. The highest BCUT2D eigenvalue weighted by Crippen LogP contribution is 2.17. The highest BCUT2D eigenvalue weighted by molar-refractivity contribution is 5.78. The second-order valence-electron chi connectivity index (χ2n) is 5.04. The Bertz CT molecular complexity index is 385. The Morgan fingerprint density at radius 1 is 1.26 bits per heavy atom. The number of benzene rings is 1. The average molecular weight is 261 g/mol. The van der Waals surface area contributed by atoms with Crippen molar-refractivity contribution in [2.75, 3.05) is 26.3 Å². The van der Waals surface area contributed by atoms with Crippen molar-refractivity contribution in [3.63, 3.8) is 0 Å². The van der Waals surface area contributed by atoms with Crippen LogP contribution >= 0.6 is 0 Å². The van der Waals surface area contributed by atoms with E-state index in [0.29, 0.717) is 5.91 Å². The number of nitrogens with zero attached hydrogens (tertiary/aromatic N) is 1. The van der Waals surface area contributed by atoms with Gasteiger partial charge in [-0.3, -0.25) is 4.79 Å². The molecule has 1 fully saturated rings. The van der Waals surface area contributed by atoms with Crippen molar-refractivity contribution in [2.45, 2.75) is 26.2 Å². The number of carbonyl (C=O) groups excluding carboxylic acids is 1. The summed E-state index contributed by atoms with van der Waals surface area (Å²) in [5, 5.41) is 0. The quantitative estimate of drug-likeness (QED) is 0.815. The van der Waals surface area contributed by atoms with Gasteiger partial charge >= 0.3 is 0 Å². The molecule has 104 valence electrons. The minimum atomic E-state index is 0.171. The molecule has 1 aromatic carbocycles. The molecule has 1 amide bonds. The third-order valence-electron chi connectivity index (χ3n) is 3.78. The number of hydrogen-bond acceptors (Lipinski definition) is 2. The highest BCUT2D eigenvalue weighted by atomic mass is 16.5. The van der Waals surface area contributed by atoms with Gasteiger partial charge in [0.25, 0.3) is 0 Å². The first kappa shape index (κ1) is 14.1. The molecule has 0 atom stereocenters. The van der Waals surface area contributed by atoms with Gasteiger partial charge in [-0.25, -0.2) is 0 Å². The Morgan fingerprint density at radius 2 is 1.95 bits per heavy atom. The summed E-state index contributed by atoms with van der Waals surface area (Å²) in [5.41, 5.74) is 1.29. The van der Waals surface area contributed by atoms with Crippen LogP contribution in [0.15, 0.2) is 30.3 Å². The fraction of sp³-hybridized carbons (Fsp3) is 0.562. The van der Waals surface area contributed by atoms with E-state index < -0.39 is 0 Å². The highest BCUT2D eigenvalue weighted by Gasteiger charge is 2.25. The lowest BCUT2D eigenvalue weighted by atomic mass is 9.98. The average Bonchev–Trinajstić information content (AvgIpc) is 2.49. The maximum Gasteiger partial charge on any atom is 0.225 e. The smallest absolute Gasteiger partial charge is 0.225 e. The Balaban J connectivity index is 1.86. The second kappa shape index (κ2) is 7.29. The predicted octanol–water partition coefficient (Wildman–Crippen LogP) is 2.50. The molecule has 1 heterocycles. The monoisotopic (exact) mass is 261 g/mol. The van der Waals surface area contributed by atoms with Crippen LogP contribution in [0.5, 0.6) is 0 Å². The standard InChI is InChI=1S/C16H23NO2/c1-2-17(11-8-14-6-4-3-5-7-14)16(18)15-9-12-19-13-10-15/h3-7,15H,2,8-13H2,1H3. The number of ether oxygens (including phenoxy) is 1. The maximum absolute atomic E-state index is 12.4. The molecule has 19 heavy (non-hydrogen) atoms. The first-order valence-electron chi connectivity index (χ1n) is 7.21. The molecule has 3 heteroatoms. The number of amides is 1. The van der Waals surface area contributed by atoms with Crippen molar-refractivity contribution in [3.05, 3.63) is 35.9 Å². The molecular weight excluding hydrogens is 238 g/mol. The Kier molecular flexibility index (Phi) is 5.40. The van der Waals surface area contributed by atoms with Crippen molar-refractivity contribution in [1.29, 1.82) is 0 Å². The van der Waals surface area contributed by atoms with Gasteiger partial charge < -0.3 is 9.64 Å². The van der Waals surface area contributed by atoms with Crippen molar-refractivity contribution < 1.29 is 9.53 Å². The summed E-state index contributed by atoms with van der Waals surface area (Å²) in [6.45, 7) is 5.13. The van der Waals surface area contributed by atoms with Gasteiger partial charge in [-0.2, -0.15) is 0 Å². The van der Waals surface area contributed by atoms with Gasteiger partial charge in [-0.1, -0.05) is 30.3 Å². The SMILES string of the molecule is CCN(CCc1ccccc1)C(=O)C1CCOCC1. The third-order valence-corrected chi connectivity index (χ3v) is 3.78. The van der Waals surface area contributed by atoms with Crippen molar-refractivity contribution in [2.24, 2.45) is 5.92 Å². The number of hydrogen-bond donors (Lipinski definition) is 0. The largest absolute Gasteiger partial charge is 0.381 e. The Labute approximate surface area is 115 Å². The van der Waals surface area contributed by atoms with Crippen LogP contribution in [0.3, 0.4) is 0 Å². The summed E-state index contributed by atoms with van der Waals surface area (Å²) < 4.78 is 5.32. The molecule has 0 aromatic heterocycles. The van der Waals surface area contributed by atoms with Gasteiger partial charge in [0.1, 0.15) is 0 Å². The van der Waals surface area contributed by atoms with Crippen LogP contribution < -0.4 is 0 Å². The van der Waals surface area contributed by atoms with E-state index in [-0.39, 0.29) is 5.92 Å². The van der Waals surface area contributed by atoms with E-state index in [1.165, 1.54) is 5.56 Å². The minimum Gasteiger partial charge on any atom is -0.381 e.